The summed E-state index contributed by atoms with van der Waals surface area (Å²) in [4.78, 5) is 43.8. The van der Waals surface area contributed by atoms with Gasteiger partial charge in [0.2, 0.25) is 17.7 Å². The summed E-state index contributed by atoms with van der Waals surface area (Å²) in [7, 11) is 3.34. The maximum Gasteiger partial charge on any atom is 0.418 e. The minimum Gasteiger partial charge on any atom is -0.348 e. The summed E-state index contributed by atoms with van der Waals surface area (Å²) >= 11 is 0. The standard InChI is InChI=1S/C22H32F3N5O3/c1-4-9-29(15-20(32)27(2)3)16-21(33)30-12-10-28(11-13-30)14-19(31)26-18-8-6-5-7-17(18)22(23,24)25/h5-8H,4,9-16H2,1-3H3,(H,26,31). The van der Waals surface area contributed by atoms with Gasteiger partial charge < -0.3 is 15.1 Å². The number of hydrogen-bond acceptors (Lipinski definition) is 5. The van der Waals surface area contributed by atoms with Gasteiger partial charge >= 0.3 is 6.18 Å². The van der Waals surface area contributed by atoms with Crippen LogP contribution in [0.3, 0.4) is 0 Å². The van der Waals surface area contributed by atoms with E-state index in [1.54, 1.807) is 23.9 Å². The van der Waals surface area contributed by atoms with Crippen molar-refractivity contribution in [1.29, 1.82) is 0 Å². The molecule has 1 heterocycles. The summed E-state index contributed by atoms with van der Waals surface area (Å²) in [5, 5.41) is 2.34. The second kappa shape index (κ2) is 12.0. The molecule has 0 aromatic heterocycles. The maximum atomic E-state index is 13.1. The van der Waals surface area contributed by atoms with E-state index >= 15 is 0 Å². The molecule has 0 radical (unpaired) electrons. The van der Waals surface area contributed by atoms with Crippen LogP contribution in [-0.2, 0) is 20.6 Å². The molecule has 0 unspecified atom stereocenters. The lowest BCUT2D eigenvalue weighted by Crippen LogP contribution is -2.53. The molecule has 0 saturated carbocycles. The van der Waals surface area contributed by atoms with Gasteiger partial charge in [0.15, 0.2) is 0 Å². The van der Waals surface area contributed by atoms with Crippen molar-refractivity contribution in [2.45, 2.75) is 19.5 Å². The third kappa shape index (κ3) is 8.32. The van der Waals surface area contributed by atoms with E-state index in [2.05, 4.69) is 5.32 Å². The van der Waals surface area contributed by atoms with E-state index in [9.17, 15) is 27.6 Å². The first kappa shape index (κ1) is 26.6. The third-order valence-electron chi connectivity index (χ3n) is 5.36. The molecule has 1 N–H and O–H groups in total. The first-order chi connectivity index (χ1) is 15.5. The predicted molar refractivity (Wildman–Crippen MR) is 119 cm³/mol. The highest BCUT2D eigenvalue weighted by Gasteiger charge is 2.33. The average Bonchev–Trinajstić information content (AvgIpc) is 2.73. The number of rotatable bonds is 9. The Kier molecular flexibility index (Phi) is 9.66. The molecule has 1 fully saturated rings. The molecule has 0 atom stereocenters. The Bertz CT molecular complexity index is 824. The van der Waals surface area contributed by atoms with E-state index in [1.165, 1.54) is 23.1 Å². The number of likely N-dealkylation sites (N-methyl/N-ethyl adjacent to an activating group) is 1. The van der Waals surface area contributed by atoms with Crippen molar-refractivity contribution in [3.8, 4) is 0 Å². The Morgan fingerprint density at radius 2 is 1.67 bits per heavy atom. The van der Waals surface area contributed by atoms with Gasteiger partial charge in [-0.15, -0.1) is 0 Å². The van der Waals surface area contributed by atoms with Crippen LogP contribution in [0.4, 0.5) is 18.9 Å². The lowest BCUT2D eigenvalue weighted by atomic mass is 10.1. The Morgan fingerprint density at radius 3 is 2.24 bits per heavy atom. The van der Waals surface area contributed by atoms with Gasteiger partial charge in [-0.05, 0) is 25.1 Å². The molecular weight excluding hydrogens is 439 g/mol. The minimum atomic E-state index is -4.56. The molecule has 184 valence electrons. The van der Waals surface area contributed by atoms with E-state index in [1.807, 2.05) is 11.8 Å². The number of carbonyl (C=O) groups is 3. The zero-order valence-corrected chi connectivity index (χ0v) is 19.3. The van der Waals surface area contributed by atoms with Crippen LogP contribution in [-0.4, -0.2) is 104 Å². The number of anilines is 1. The summed E-state index contributed by atoms with van der Waals surface area (Å²) in [6, 6.07) is 4.85. The zero-order chi connectivity index (χ0) is 24.6. The normalized spacial score (nSPS) is 14.9. The van der Waals surface area contributed by atoms with E-state index in [4.69, 9.17) is 0 Å². The van der Waals surface area contributed by atoms with Crippen LogP contribution in [0.2, 0.25) is 0 Å². The summed E-state index contributed by atoms with van der Waals surface area (Å²) in [6.07, 6.45) is -3.74. The number of piperazine rings is 1. The molecule has 1 saturated heterocycles. The molecular formula is C22H32F3N5O3. The van der Waals surface area contributed by atoms with Crippen molar-refractivity contribution in [2.24, 2.45) is 0 Å². The number of amides is 3. The highest BCUT2D eigenvalue weighted by Crippen LogP contribution is 2.34. The quantitative estimate of drug-likeness (QED) is 0.592. The van der Waals surface area contributed by atoms with E-state index in [0.717, 1.165) is 12.5 Å². The molecule has 0 bridgehead atoms. The molecule has 3 amide bonds. The number of benzene rings is 1. The fraction of sp³-hybridized carbons (Fsp3) is 0.591. The lowest BCUT2D eigenvalue weighted by molar-refractivity contribution is -0.137. The summed E-state index contributed by atoms with van der Waals surface area (Å²) in [5.74, 6) is -0.694. The topological polar surface area (TPSA) is 76.2 Å². The van der Waals surface area contributed by atoms with Crippen LogP contribution in [0.15, 0.2) is 24.3 Å². The van der Waals surface area contributed by atoms with Crippen molar-refractivity contribution in [3.63, 3.8) is 0 Å². The molecule has 1 aromatic carbocycles. The van der Waals surface area contributed by atoms with Crippen molar-refractivity contribution in [2.75, 3.05) is 71.8 Å². The van der Waals surface area contributed by atoms with Crippen LogP contribution in [0.5, 0.6) is 0 Å². The fourth-order valence-electron chi connectivity index (χ4n) is 3.54. The van der Waals surface area contributed by atoms with E-state index < -0.39 is 17.6 Å². The van der Waals surface area contributed by atoms with Crippen LogP contribution < -0.4 is 5.32 Å². The summed E-state index contributed by atoms with van der Waals surface area (Å²) < 4.78 is 39.3. The first-order valence-electron chi connectivity index (χ1n) is 10.9. The molecule has 0 aliphatic carbocycles. The third-order valence-corrected chi connectivity index (χ3v) is 5.36. The van der Waals surface area contributed by atoms with Crippen molar-refractivity contribution < 1.29 is 27.6 Å². The number of carbonyl (C=O) groups excluding carboxylic acids is 3. The average molecular weight is 472 g/mol. The molecule has 8 nitrogen and oxygen atoms in total. The predicted octanol–water partition coefficient (Wildman–Crippen LogP) is 1.59. The van der Waals surface area contributed by atoms with E-state index in [-0.39, 0.29) is 37.1 Å². The molecule has 0 spiro atoms. The lowest BCUT2D eigenvalue weighted by Gasteiger charge is -2.35. The number of alkyl halides is 3. The Hall–Kier alpha value is -2.66. The van der Waals surface area contributed by atoms with Gasteiger partial charge in [-0.1, -0.05) is 19.1 Å². The van der Waals surface area contributed by atoms with Gasteiger partial charge in [0.25, 0.3) is 0 Å². The van der Waals surface area contributed by atoms with Gasteiger partial charge in [-0.3, -0.25) is 24.2 Å². The zero-order valence-electron chi connectivity index (χ0n) is 19.3. The van der Waals surface area contributed by atoms with Crippen molar-refractivity contribution in [1.82, 2.24) is 19.6 Å². The smallest absolute Gasteiger partial charge is 0.348 e. The largest absolute Gasteiger partial charge is 0.418 e. The van der Waals surface area contributed by atoms with Gasteiger partial charge in [0.05, 0.1) is 30.9 Å². The number of para-hydroxylation sites is 1. The second-order valence-electron chi connectivity index (χ2n) is 8.25. The molecule has 1 aromatic rings. The van der Waals surface area contributed by atoms with Gasteiger partial charge in [-0.25, -0.2) is 0 Å². The Balaban J connectivity index is 1.84. The molecule has 33 heavy (non-hydrogen) atoms. The summed E-state index contributed by atoms with van der Waals surface area (Å²) in [6.45, 7) is 4.55. The van der Waals surface area contributed by atoms with E-state index in [0.29, 0.717) is 32.7 Å². The molecule has 2 rings (SSSR count). The number of hydrogen-bond donors (Lipinski definition) is 1. The molecule has 11 heteroatoms. The highest BCUT2D eigenvalue weighted by atomic mass is 19.4. The van der Waals surface area contributed by atoms with Crippen molar-refractivity contribution >= 4 is 23.4 Å². The van der Waals surface area contributed by atoms with Crippen LogP contribution in [0.25, 0.3) is 0 Å². The van der Waals surface area contributed by atoms with Crippen LogP contribution >= 0.6 is 0 Å². The summed E-state index contributed by atoms with van der Waals surface area (Å²) in [5.41, 5.74) is -1.16. The Morgan fingerprint density at radius 1 is 1.03 bits per heavy atom. The van der Waals surface area contributed by atoms with Crippen molar-refractivity contribution in [3.05, 3.63) is 29.8 Å². The molecule has 1 aliphatic heterocycles. The highest BCUT2D eigenvalue weighted by molar-refractivity contribution is 5.93. The number of halogens is 3. The SMILES string of the molecule is CCCN(CC(=O)N(C)C)CC(=O)N1CCN(CC(=O)Nc2ccccc2C(F)(F)F)CC1. The Labute approximate surface area is 192 Å². The monoisotopic (exact) mass is 471 g/mol. The van der Waals surface area contributed by atoms with Gasteiger partial charge in [-0.2, -0.15) is 13.2 Å². The fourth-order valence-corrected chi connectivity index (χ4v) is 3.54. The number of nitrogens with zero attached hydrogens (tertiary/aromatic N) is 4. The number of nitrogens with one attached hydrogen (secondary N) is 1. The maximum absolute atomic E-state index is 13.1. The van der Waals surface area contributed by atoms with Gasteiger partial charge in [0, 0.05) is 40.3 Å². The van der Waals surface area contributed by atoms with Crippen LogP contribution in [0, 0.1) is 0 Å². The van der Waals surface area contributed by atoms with Gasteiger partial charge in [0.1, 0.15) is 0 Å². The minimum absolute atomic E-state index is 0.0620. The second-order valence-corrected chi connectivity index (χ2v) is 8.25. The first-order valence-corrected chi connectivity index (χ1v) is 10.9. The molecule has 1 aliphatic rings. The van der Waals surface area contributed by atoms with Crippen LogP contribution in [0.1, 0.15) is 18.9 Å².